The Labute approximate surface area is 125 Å². The van der Waals surface area contributed by atoms with Crippen molar-refractivity contribution in [2.75, 3.05) is 32.9 Å². The molecule has 0 aliphatic heterocycles. The van der Waals surface area contributed by atoms with E-state index in [0.717, 1.165) is 0 Å². The Morgan fingerprint density at radius 1 is 1.20 bits per heavy atom. The van der Waals surface area contributed by atoms with Crippen molar-refractivity contribution in [3.05, 3.63) is 34.3 Å². The van der Waals surface area contributed by atoms with Crippen LogP contribution in [0.15, 0.2) is 28.7 Å². The molecule has 1 aromatic rings. The van der Waals surface area contributed by atoms with Crippen LogP contribution in [0, 0.1) is 0 Å². The lowest BCUT2D eigenvalue weighted by Gasteiger charge is -2.08. The van der Waals surface area contributed by atoms with Gasteiger partial charge in [-0.25, -0.2) is 0 Å². The molecule has 7 heteroatoms. The Balaban J connectivity index is 2.24. The minimum absolute atomic E-state index is 0.0457. The maximum absolute atomic E-state index is 11.8. The molecule has 0 radical (unpaired) electrons. The summed E-state index contributed by atoms with van der Waals surface area (Å²) in [7, 11) is 0. The van der Waals surface area contributed by atoms with E-state index < -0.39 is 0 Å². The van der Waals surface area contributed by atoms with Gasteiger partial charge in [0.15, 0.2) is 0 Å². The smallest absolute Gasteiger partial charge is 0.252 e. The fourth-order valence-corrected chi connectivity index (χ4v) is 1.86. The van der Waals surface area contributed by atoms with Gasteiger partial charge in [-0.15, -0.1) is 0 Å². The number of benzene rings is 1. The first-order valence-electron chi connectivity index (χ1n) is 6.13. The second-order valence-corrected chi connectivity index (χ2v) is 4.70. The second kappa shape index (κ2) is 9.46. The molecular formula is C13H17BrN2O4. The fraction of sp³-hybridized carbons (Fsp3) is 0.385. The first-order valence-corrected chi connectivity index (χ1v) is 6.92. The molecule has 1 aromatic carbocycles. The van der Waals surface area contributed by atoms with Gasteiger partial charge in [0.25, 0.3) is 5.91 Å². The number of hydrogen-bond acceptors (Lipinski definition) is 4. The number of aliphatic hydroxyl groups excluding tert-OH is 1. The van der Waals surface area contributed by atoms with E-state index in [-0.39, 0.29) is 31.6 Å². The van der Waals surface area contributed by atoms with E-state index in [1.54, 1.807) is 24.3 Å². The van der Waals surface area contributed by atoms with Crippen molar-refractivity contribution in [2.45, 2.75) is 0 Å². The van der Waals surface area contributed by atoms with Gasteiger partial charge in [-0.2, -0.15) is 0 Å². The Kier molecular flexibility index (Phi) is 7.86. The van der Waals surface area contributed by atoms with Crippen molar-refractivity contribution in [3.8, 4) is 0 Å². The highest BCUT2D eigenvalue weighted by molar-refractivity contribution is 9.10. The summed E-state index contributed by atoms with van der Waals surface area (Å²) in [5, 5.41) is 13.6. The van der Waals surface area contributed by atoms with Crippen molar-refractivity contribution >= 4 is 27.7 Å². The number of carbonyl (C=O) groups is 2. The highest BCUT2D eigenvalue weighted by Gasteiger charge is 2.10. The largest absolute Gasteiger partial charge is 0.394 e. The standard InChI is InChI=1S/C13H17BrN2O4/c14-11-4-2-1-3-10(11)13(19)16-9-12(18)15-5-7-20-8-6-17/h1-4,17H,5-9H2,(H,15,18)(H,16,19). The summed E-state index contributed by atoms with van der Waals surface area (Å²) in [6, 6.07) is 6.98. The van der Waals surface area contributed by atoms with Gasteiger partial charge in [0, 0.05) is 11.0 Å². The molecule has 0 aliphatic carbocycles. The number of rotatable bonds is 8. The average molecular weight is 345 g/mol. The summed E-state index contributed by atoms with van der Waals surface area (Å²) in [5.41, 5.74) is 0.478. The van der Waals surface area contributed by atoms with E-state index in [0.29, 0.717) is 23.2 Å². The minimum Gasteiger partial charge on any atom is -0.394 e. The van der Waals surface area contributed by atoms with Crippen LogP contribution in [0.2, 0.25) is 0 Å². The van der Waals surface area contributed by atoms with E-state index in [2.05, 4.69) is 26.6 Å². The molecule has 6 nitrogen and oxygen atoms in total. The van der Waals surface area contributed by atoms with E-state index in [1.165, 1.54) is 0 Å². The maximum atomic E-state index is 11.8. The molecule has 0 bridgehead atoms. The maximum Gasteiger partial charge on any atom is 0.252 e. The molecule has 0 unspecified atom stereocenters. The molecule has 2 amide bonds. The lowest BCUT2D eigenvalue weighted by Crippen LogP contribution is -2.38. The van der Waals surface area contributed by atoms with Crippen LogP contribution in [-0.2, 0) is 9.53 Å². The number of carbonyl (C=O) groups excluding carboxylic acids is 2. The van der Waals surface area contributed by atoms with Gasteiger partial charge in [0.1, 0.15) is 0 Å². The molecular weight excluding hydrogens is 328 g/mol. The van der Waals surface area contributed by atoms with Crippen LogP contribution in [0.1, 0.15) is 10.4 Å². The summed E-state index contributed by atoms with van der Waals surface area (Å²) in [6.45, 7) is 0.763. The van der Waals surface area contributed by atoms with E-state index >= 15 is 0 Å². The average Bonchev–Trinajstić information content (AvgIpc) is 2.45. The molecule has 0 fully saturated rings. The number of nitrogens with one attached hydrogen (secondary N) is 2. The number of aliphatic hydroxyl groups is 1. The summed E-state index contributed by atoms with van der Waals surface area (Å²) in [5.74, 6) is -0.609. The van der Waals surface area contributed by atoms with Crippen molar-refractivity contribution < 1.29 is 19.4 Å². The van der Waals surface area contributed by atoms with Crippen LogP contribution in [-0.4, -0.2) is 49.8 Å². The van der Waals surface area contributed by atoms with E-state index in [1.807, 2.05) is 0 Å². The van der Waals surface area contributed by atoms with Crippen LogP contribution in [0.4, 0.5) is 0 Å². The third kappa shape index (κ3) is 6.14. The van der Waals surface area contributed by atoms with E-state index in [9.17, 15) is 9.59 Å². The number of halogens is 1. The van der Waals surface area contributed by atoms with E-state index in [4.69, 9.17) is 9.84 Å². The summed E-state index contributed by atoms with van der Waals surface area (Å²) >= 11 is 3.27. The predicted octanol–water partition coefficient (Wildman–Crippen LogP) is 0.304. The van der Waals surface area contributed by atoms with Gasteiger partial charge < -0.3 is 20.5 Å². The predicted molar refractivity (Wildman–Crippen MR) is 77.4 cm³/mol. The van der Waals surface area contributed by atoms with Crippen LogP contribution in [0.5, 0.6) is 0 Å². The van der Waals surface area contributed by atoms with Gasteiger partial charge in [-0.05, 0) is 28.1 Å². The molecule has 0 aliphatic rings. The second-order valence-electron chi connectivity index (χ2n) is 3.85. The molecule has 0 heterocycles. The van der Waals surface area contributed by atoms with Gasteiger partial charge in [0.2, 0.25) is 5.91 Å². The zero-order valence-corrected chi connectivity index (χ0v) is 12.5. The minimum atomic E-state index is -0.316. The molecule has 0 aromatic heterocycles. The summed E-state index contributed by atoms with van der Waals surface area (Å²) < 4.78 is 5.66. The van der Waals surface area contributed by atoms with Gasteiger partial charge in [-0.1, -0.05) is 12.1 Å². The SMILES string of the molecule is O=C(CNC(=O)c1ccccc1Br)NCCOCCO. The molecule has 3 N–H and O–H groups in total. The zero-order chi connectivity index (χ0) is 14.8. The molecule has 1 rings (SSSR count). The van der Waals surface area contributed by atoms with Crippen molar-refractivity contribution in [2.24, 2.45) is 0 Å². The third-order valence-corrected chi connectivity index (χ3v) is 3.02. The lowest BCUT2D eigenvalue weighted by atomic mass is 10.2. The Bertz CT molecular complexity index is 454. The topological polar surface area (TPSA) is 87.7 Å². The van der Waals surface area contributed by atoms with Gasteiger partial charge in [-0.3, -0.25) is 9.59 Å². The van der Waals surface area contributed by atoms with Crippen molar-refractivity contribution in [1.82, 2.24) is 10.6 Å². The number of hydrogen-bond donors (Lipinski definition) is 3. The molecule has 20 heavy (non-hydrogen) atoms. The van der Waals surface area contributed by atoms with Crippen molar-refractivity contribution in [1.29, 1.82) is 0 Å². The molecule has 0 saturated carbocycles. The Morgan fingerprint density at radius 3 is 2.65 bits per heavy atom. The summed E-state index contributed by atoms with van der Waals surface area (Å²) in [4.78, 5) is 23.3. The fourth-order valence-electron chi connectivity index (χ4n) is 1.39. The van der Waals surface area contributed by atoms with Gasteiger partial charge >= 0.3 is 0 Å². The zero-order valence-electron chi connectivity index (χ0n) is 10.9. The van der Waals surface area contributed by atoms with Crippen LogP contribution in [0.3, 0.4) is 0 Å². The molecule has 0 saturated heterocycles. The summed E-state index contributed by atoms with van der Waals surface area (Å²) in [6.07, 6.45) is 0. The van der Waals surface area contributed by atoms with Crippen LogP contribution in [0.25, 0.3) is 0 Å². The third-order valence-electron chi connectivity index (χ3n) is 2.33. The van der Waals surface area contributed by atoms with Crippen LogP contribution >= 0.6 is 15.9 Å². The molecule has 0 atom stereocenters. The van der Waals surface area contributed by atoms with Crippen molar-refractivity contribution in [3.63, 3.8) is 0 Å². The highest BCUT2D eigenvalue weighted by atomic mass is 79.9. The normalized spacial score (nSPS) is 10.1. The number of amides is 2. The Hall–Kier alpha value is -1.44. The first-order chi connectivity index (χ1) is 9.65. The monoisotopic (exact) mass is 344 g/mol. The quantitative estimate of drug-likeness (QED) is 0.592. The van der Waals surface area contributed by atoms with Crippen LogP contribution < -0.4 is 10.6 Å². The highest BCUT2D eigenvalue weighted by Crippen LogP contribution is 2.15. The molecule has 0 spiro atoms. The molecule has 110 valence electrons. The van der Waals surface area contributed by atoms with Gasteiger partial charge in [0.05, 0.1) is 31.9 Å². The Morgan fingerprint density at radius 2 is 1.95 bits per heavy atom. The lowest BCUT2D eigenvalue weighted by molar-refractivity contribution is -0.120. The number of ether oxygens (including phenoxy) is 1. The first kappa shape index (κ1) is 16.6.